The fourth-order valence-corrected chi connectivity index (χ4v) is 2.71. The SMILES string of the molecule is I.c1ccc(CN=C2N[C@H]3CCCC[C@@H]3N2)cc1. The van der Waals surface area contributed by atoms with Gasteiger partial charge in [-0.05, 0) is 18.4 Å². The third-order valence-electron chi connectivity index (χ3n) is 3.67. The Kier molecular flexibility index (Phi) is 4.86. The van der Waals surface area contributed by atoms with Crippen LogP contribution in [0.4, 0.5) is 0 Å². The fourth-order valence-electron chi connectivity index (χ4n) is 2.71. The molecular formula is C14H20IN3. The van der Waals surface area contributed by atoms with Gasteiger partial charge in [-0.15, -0.1) is 24.0 Å². The van der Waals surface area contributed by atoms with E-state index < -0.39 is 0 Å². The van der Waals surface area contributed by atoms with Crippen molar-refractivity contribution in [1.29, 1.82) is 0 Å². The average Bonchev–Trinajstić information content (AvgIpc) is 2.80. The predicted octanol–water partition coefficient (Wildman–Crippen LogP) is 2.66. The summed E-state index contributed by atoms with van der Waals surface area (Å²) >= 11 is 0. The Labute approximate surface area is 125 Å². The Morgan fingerprint density at radius 1 is 1.00 bits per heavy atom. The normalized spacial score (nSPS) is 25.4. The molecule has 1 heterocycles. The van der Waals surface area contributed by atoms with E-state index in [2.05, 4.69) is 39.9 Å². The molecule has 98 valence electrons. The fraction of sp³-hybridized carbons (Fsp3) is 0.500. The summed E-state index contributed by atoms with van der Waals surface area (Å²) in [5.74, 6) is 0.991. The summed E-state index contributed by atoms with van der Waals surface area (Å²) in [5, 5.41) is 7.00. The number of fused-ring (bicyclic) bond motifs is 1. The van der Waals surface area contributed by atoms with Crippen LogP contribution in [-0.2, 0) is 6.54 Å². The number of nitrogens with zero attached hydrogens (tertiary/aromatic N) is 1. The van der Waals surface area contributed by atoms with Gasteiger partial charge in [-0.2, -0.15) is 0 Å². The molecule has 0 amide bonds. The van der Waals surface area contributed by atoms with Gasteiger partial charge in [-0.3, -0.25) is 0 Å². The lowest BCUT2D eigenvalue weighted by Crippen LogP contribution is -2.36. The molecule has 0 spiro atoms. The first kappa shape index (κ1) is 13.6. The average molecular weight is 357 g/mol. The van der Waals surface area contributed by atoms with Crippen LogP contribution >= 0.6 is 24.0 Å². The molecule has 2 atom stereocenters. The minimum Gasteiger partial charge on any atom is -0.352 e. The van der Waals surface area contributed by atoms with Crippen molar-refractivity contribution in [3.05, 3.63) is 35.9 Å². The van der Waals surface area contributed by atoms with E-state index in [0.29, 0.717) is 12.1 Å². The van der Waals surface area contributed by atoms with Crippen LogP contribution in [-0.4, -0.2) is 18.0 Å². The third kappa shape index (κ3) is 3.16. The second-order valence-electron chi connectivity index (χ2n) is 4.94. The van der Waals surface area contributed by atoms with Gasteiger partial charge in [0.15, 0.2) is 5.96 Å². The van der Waals surface area contributed by atoms with Crippen LogP contribution in [0.2, 0.25) is 0 Å². The van der Waals surface area contributed by atoms with Crippen LogP contribution in [0.1, 0.15) is 31.2 Å². The van der Waals surface area contributed by atoms with Gasteiger partial charge >= 0.3 is 0 Å². The van der Waals surface area contributed by atoms with Crippen LogP contribution in [0.15, 0.2) is 35.3 Å². The minimum atomic E-state index is 0. The van der Waals surface area contributed by atoms with Gasteiger partial charge in [0.1, 0.15) is 0 Å². The Hall–Kier alpha value is -0.780. The van der Waals surface area contributed by atoms with E-state index in [-0.39, 0.29) is 24.0 Å². The molecule has 0 unspecified atom stereocenters. The van der Waals surface area contributed by atoms with Crippen molar-refractivity contribution in [3.63, 3.8) is 0 Å². The zero-order chi connectivity index (χ0) is 11.5. The molecule has 0 radical (unpaired) electrons. The highest BCUT2D eigenvalue weighted by Gasteiger charge is 2.31. The van der Waals surface area contributed by atoms with E-state index in [1.807, 2.05) is 6.07 Å². The zero-order valence-electron chi connectivity index (χ0n) is 10.4. The lowest BCUT2D eigenvalue weighted by atomic mass is 9.92. The molecule has 1 aliphatic heterocycles. The highest BCUT2D eigenvalue weighted by Crippen LogP contribution is 2.21. The smallest absolute Gasteiger partial charge is 0.192 e. The molecule has 1 aliphatic carbocycles. The second-order valence-corrected chi connectivity index (χ2v) is 4.94. The predicted molar refractivity (Wildman–Crippen MR) is 85.3 cm³/mol. The third-order valence-corrected chi connectivity index (χ3v) is 3.67. The maximum atomic E-state index is 4.61. The molecule has 1 aromatic rings. The zero-order valence-corrected chi connectivity index (χ0v) is 12.8. The molecule has 2 aliphatic rings. The number of guanidine groups is 1. The van der Waals surface area contributed by atoms with Crippen LogP contribution in [0.3, 0.4) is 0 Å². The van der Waals surface area contributed by atoms with Crippen LogP contribution in [0.5, 0.6) is 0 Å². The largest absolute Gasteiger partial charge is 0.352 e. The van der Waals surface area contributed by atoms with E-state index >= 15 is 0 Å². The van der Waals surface area contributed by atoms with Crippen LogP contribution in [0, 0.1) is 0 Å². The molecule has 1 aromatic carbocycles. The first-order valence-electron chi connectivity index (χ1n) is 6.53. The summed E-state index contributed by atoms with van der Waals surface area (Å²) in [4.78, 5) is 4.61. The Bertz CT molecular complexity index is 389. The number of rotatable bonds is 2. The van der Waals surface area contributed by atoms with Gasteiger partial charge in [0.2, 0.25) is 0 Å². The van der Waals surface area contributed by atoms with Gasteiger partial charge in [0.25, 0.3) is 0 Å². The van der Waals surface area contributed by atoms with Gasteiger partial charge in [-0.1, -0.05) is 43.2 Å². The summed E-state index contributed by atoms with van der Waals surface area (Å²) in [6, 6.07) is 11.6. The molecule has 3 rings (SSSR count). The molecule has 3 nitrogen and oxygen atoms in total. The number of halogens is 1. The molecule has 0 bridgehead atoms. The van der Waals surface area contributed by atoms with E-state index in [9.17, 15) is 0 Å². The van der Waals surface area contributed by atoms with Crippen LogP contribution in [0.25, 0.3) is 0 Å². The van der Waals surface area contributed by atoms with Crippen LogP contribution < -0.4 is 10.6 Å². The number of nitrogens with one attached hydrogen (secondary N) is 2. The number of aliphatic imine (C=N–C) groups is 1. The van der Waals surface area contributed by atoms with Crippen molar-refractivity contribution in [1.82, 2.24) is 10.6 Å². The van der Waals surface area contributed by atoms with Gasteiger partial charge in [-0.25, -0.2) is 4.99 Å². The monoisotopic (exact) mass is 357 g/mol. The number of benzene rings is 1. The lowest BCUT2D eigenvalue weighted by Gasteiger charge is -2.23. The van der Waals surface area contributed by atoms with Crippen molar-refractivity contribution < 1.29 is 0 Å². The number of hydrogen-bond acceptors (Lipinski definition) is 1. The maximum absolute atomic E-state index is 4.61. The Morgan fingerprint density at radius 2 is 1.61 bits per heavy atom. The second kappa shape index (κ2) is 6.41. The van der Waals surface area contributed by atoms with Crippen molar-refractivity contribution in [3.8, 4) is 0 Å². The summed E-state index contributed by atoms with van der Waals surface area (Å²) in [6.45, 7) is 0.760. The molecule has 1 saturated carbocycles. The maximum Gasteiger partial charge on any atom is 0.192 e. The Balaban J connectivity index is 0.00000120. The number of hydrogen-bond donors (Lipinski definition) is 2. The molecule has 0 aromatic heterocycles. The van der Waals surface area contributed by atoms with E-state index in [1.54, 1.807) is 0 Å². The highest BCUT2D eigenvalue weighted by atomic mass is 127. The van der Waals surface area contributed by atoms with E-state index in [4.69, 9.17) is 0 Å². The molecule has 1 saturated heterocycles. The molecule has 2 fully saturated rings. The first-order valence-corrected chi connectivity index (χ1v) is 6.53. The highest BCUT2D eigenvalue weighted by molar-refractivity contribution is 14.0. The molecule has 18 heavy (non-hydrogen) atoms. The lowest BCUT2D eigenvalue weighted by molar-refractivity contribution is 0.374. The van der Waals surface area contributed by atoms with Crippen molar-refractivity contribution in [2.45, 2.75) is 44.3 Å². The van der Waals surface area contributed by atoms with E-state index in [1.165, 1.54) is 31.2 Å². The Morgan fingerprint density at radius 3 is 2.22 bits per heavy atom. The standard InChI is InChI=1S/C14H19N3.HI/c1-2-6-11(7-3-1)10-15-14-16-12-8-4-5-9-13(12)17-14;/h1-3,6-7,12-13H,4-5,8-10H2,(H2,15,16,17);1H/t12-,13-;/m0./s1. The van der Waals surface area contributed by atoms with Crippen molar-refractivity contribution >= 4 is 29.9 Å². The summed E-state index contributed by atoms with van der Waals surface area (Å²) in [6.07, 6.45) is 5.26. The van der Waals surface area contributed by atoms with Gasteiger partial charge < -0.3 is 10.6 Å². The summed E-state index contributed by atoms with van der Waals surface area (Å²) < 4.78 is 0. The first-order chi connectivity index (χ1) is 8.42. The minimum absolute atomic E-state index is 0. The summed E-state index contributed by atoms with van der Waals surface area (Å²) in [5.41, 5.74) is 1.26. The van der Waals surface area contributed by atoms with Gasteiger partial charge in [0.05, 0.1) is 6.54 Å². The molecular weight excluding hydrogens is 337 g/mol. The van der Waals surface area contributed by atoms with Crippen molar-refractivity contribution in [2.24, 2.45) is 4.99 Å². The molecule has 4 heteroatoms. The summed E-state index contributed by atoms with van der Waals surface area (Å²) in [7, 11) is 0. The van der Waals surface area contributed by atoms with E-state index in [0.717, 1.165) is 12.5 Å². The molecule has 2 N–H and O–H groups in total. The topological polar surface area (TPSA) is 36.4 Å². The van der Waals surface area contributed by atoms with Gasteiger partial charge in [0, 0.05) is 12.1 Å². The van der Waals surface area contributed by atoms with Crippen molar-refractivity contribution in [2.75, 3.05) is 0 Å². The quantitative estimate of drug-likeness (QED) is 0.799.